The maximum atomic E-state index is 9.85. The number of furan rings is 1. The van der Waals surface area contributed by atoms with E-state index in [1.54, 1.807) is 0 Å². The number of hydrogen-bond donors (Lipinski definition) is 2. The molecular weight excluding hydrogens is 202 g/mol. The monoisotopic (exact) mass is 225 g/mol. The van der Waals surface area contributed by atoms with Gasteiger partial charge in [0.1, 0.15) is 11.5 Å². The summed E-state index contributed by atoms with van der Waals surface area (Å²) in [5.74, 6) is 1.89. The van der Waals surface area contributed by atoms with Crippen molar-refractivity contribution in [2.75, 3.05) is 6.54 Å². The highest BCUT2D eigenvalue weighted by atomic mass is 16.3. The molecule has 92 valence electrons. The van der Waals surface area contributed by atoms with Crippen molar-refractivity contribution in [3.63, 3.8) is 0 Å². The van der Waals surface area contributed by atoms with E-state index in [4.69, 9.17) is 4.42 Å². The Bertz CT molecular complexity index is 336. The van der Waals surface area contributed by atoms with E-state index in [-0.39, 0.29) is 11.5 Å². The van der Waals surface area contributed by atoms with Gasteiger partial charge in [-0.2, -0.15) is 0 Å². The van der Waals surface area contributed by atoms with E-state index in [1.165, 1.54) is 5.56 Å². The van der Waals surface area contributed by atoms with Crippen molar-refractivity contribution in [2.24, 2.45) is 5.41 Å². The van der Waals surface area contributed by atoms with Crippen LogP contribution in [0.1, 0.15) is 37.9 Å². The van der Waals surface area contributed by atoms with E-state index in [0.717, 1.165) is 18.1 Å². The molecule has 3 nitrogen and oxygen atoms in total. The zero-order valence-corrected chi connectivity index (χ0v) is 10.9. The molecule has 0 saturated heterocycles. The van der Waals surface area contributed by atoms with Crippen LogP contribution >= 0.6 is 0 Å². The Morgan fingerprint density at radius 3 is 2.44 bits per heavy atom. The van der Waals surface area contributed by atoms with Crippen LogP contribution in [0.15, 0.2) is 10.5 Å². The summed E-state index contributed by atoms with van der Waals surface area (Å²) in [7, 11) is 0. The normalized spacial score (nSPS) is 14.1. The molecule has 1 unspecified atom stereocenters. The van der Waals surface area contributed by atoms with E-state index < -0.39 is 0 Å². The largest absolute Gasteiger partial charge is 0.466 e. The van der Waals surface area contributed by atoms with Gasteiger partial charge in [-0.15, -0.1) is 0 Å². The van der Waals surface area contributed by atoms with Gasteiger partial charge in [-0.3, -0.25) is 0 Å². The van der Waals surface area contributed by atoms with Crippen LogP contribution < -0.4 is 5.32 Å². The Morgan fingerprint density at radius 1 is 1.38 bits per heavy atom. The van der Waals surface area contributed by atoms with Crippen LogP contribution in [0, 0.1) is 19.3 Å². The summed E-state index contributed by atoms with van der Waals surface area (Å²) in [5.41, 5.74) is 1.09. The van der Waals surface area contributed by atoms with E-state index >= 15 is 0 Å². The van der Waals surface area contributed by atoms with Gasteiger partial charge < -0.3 is 14.8 Å². The van der Waals surface area contributed by atoms with Gasteiger partial charge >= 0.3 is 0 Å². The molecule has 0 aliphatic heterocycles. The average Bonchev–Trinajstić information content (AvgIpc) is 2.43. The number of aliphatic hydroxyl groups excluding tert-OH is 1. The van der Waals surface area contributed by atoms with Crippen LogP contribution in [0.2, 0.25) is 0 Å². The Kier molecular flexibility index (Phi) is 4.16. The average molecular weight is 225 g/mol. The summed E-state index contributed by atoms with van der Waals surface area (Å²) >= 11 is 0. The maximum Gasteiger partial charge on any atom is 0.105 e. The highest BCUT2D eigenvalue weighted by Crippen LogP contribution is 2.18. The third kappa shape index (κ3) is 3.65. The number of nitrogens with one attached hydrogen (secondary N) is 1. The second-order valence-corrected chi connectivity index (χ2v) is 5.45. The van der Waals surface area contributed by atoms with Gasteiger partial charge in [0.2, 0.25) is 0 Å². The van der Waals surface area contributed by atoms with Crippen molar-refractivity contribution >= 4 is 0 Å². The lowest BCUT2D eigenvalue weighted by Crippen LogP contribution is -2.36. The molecule has 0 aromatic carbocycles. The van der Waals surface area contributed by atoms with Gasteiger partial charge in [-0.05, 0) is 25.3 Å². The topological polar surface area (TPSA) is 45.4 Å². The predicted octanol–water partition coefficient (Wildman–Crippen LogP) is 2.39. The molecular formula is C13H23NO2. The summed E-state index contributed by atoms with van der Waals surface area (Å²) in [6.07, 6.45) is -0.333. The van der Waals surface area contributed by atoms with Crippen LogP contribution in [0.4, 0.5) is 0 Å². The summed E-state index contributed by atoms with van der Waals surface area (Å²) < 4.78 is 5.44. The summed E-state index contributed by atoms with van der Waals surface area (Å²) in [5, 5.41) is 13.1. The molecule has 1 heterocycles. The zero-order chi connectivity index (χ0) is 12.3. The first-order valence-corrected chi connectivity index (χ1v) is 5.75. The Balaban J connectivity index is 2.39. The molecule has 0 aliphatic rings. The minimum Gasteiger partial charge on any atom is -0.466 e. The van der Waals surface area contributed by atoms with Gasteiger partial charge in [-0.25, -0.2) is 0 Å². The first-order chi connectivity index (χ1) is 7.30. The highest BCUT2D eigenvalue weighted by molar-refractivity contribution is 5.19. The van der Waals surface area contributed by atoms with Gasteiger partial charge in [0.15, 0.2) is 0 Å². The third-order valence-corrected chi connectivity index (χ3v) is 2.80. The van der Waals surface area contributed by atoms with E-state index in [0.29, 0.717) is 6.54 Å². The van der Waals surface area contributed by atoms with E-state index in [2.05, 4.69) is 5.32 Å². The van der Waals surface area contributed by atoms with Crippen molar-refractivity contribution in [3.05, 3.63) is 23.2 Å². The lowest BCUT2D eigenvalue weighted by Gasteiger charge is -2.25. The Labute approximate surface area is 97.9 Å². The van der Waals surface area contributed by atoms with E-state index in [9.17, 15) is 5.11 Å². The Hall–Kier alpha value is -0.800. The first-order valence-electron chi connectivity index (χ1n) is 5.75. The molecule has 1 atom stereocenters. The summed E-state index contributed by atoms with van der Waals surface area (Å²) in [6.45, 7) is 11.4. The van der Waals surface area contributed by atoms with Crippen LogP contribution in [0.25, 0.3) is 0 Å². The molecule has 1 rings (SSSR count). The standard InChI is InChI=1S/C13H23NO2/c1-9-6-11(10(2)16-9)7-14-8-12(15)13(3,4)5/h6,12,14-15H,7-8H2,1-5H3. The lowest BCUT2D eigenvalue weighted by atomic mass is 9.89. The van der Waals surface area contributed by atoms with Crippen molar-refractivity contribution < 1.29 is 9.52 Å². The second-order valence-electron chi connectivity index (χ2n) is 5.45. The van der Waals surface area contributed by atoms with Crippen molar-refractivity contribution in [2.45, 2.75) is 47.3 Å². The van der Waals surface area contributed by atoms with Crippen LogP contribution in [0.5, 0.6) is 0 Å². The van der Waals surface area contributed by atoms with Gasteiger partial charge in [-0.1, -0.05) is 20.8 Å². The SMILES string of the molecule is Cc1cc(CNCC(O)C(C)(C)C)c(C)o1. The van der Waals surface area contributed by atoms with Crippen molar-refractivity contribution in [1.82, 2.24) is 5.32 Å². The van der Waals surface area contributed by atoms with Gasteiger partial charge in [0.25, 0.3) is 0 Å². The summed E-state index contributed by atoms with van der Waals surface area (Å²) in [6, 6.07) is 2.03. The molecule has 16 heavy (non-hydrogen) atoms. The molecule has 0 aliphatic carbocycles. The molecule has 0 radical (unpaired) electrons. The smallest absolute Gasteiger partial charge is 0.105 e. The lowest BCUT2D eigenvalue weighted by molar-refractivity contribution is 0.0627. The molecule has 0 spiro atoms. The van der Waals surface area contributed by atoms with Crippen LogP contribution in [-0.2, 0) is 6.54 Å². The molecule has 1 aromatic rings. The zero-order valence-electron chi connectivity index (χ0n) is 10.9. The fraction of sp³-hybridized carbons (Fsp3) is 0.692. The summed E-state index contributed by atoms with van der Waals surface area (Å²) in [4.78, 5) is 0. The van der Waals surface area contributed by atoms with Gasteiger partial charge in [0.05, 0.1) is 6.10 Å². The van der Waals surface area contributed by atoms with Crippen LogP contribution in [0.3, 0.4) is 0 Å². The fourth-order valence-electron chi connectivity index (χ4n) is 1.51. The van der Waals surface area contributed by atoms with E-state index in [1.807, 2.05) is 40.7 Å². The second kappa shape index (κ2) is 5.02. The van der Waals surface area contributed by atoms with Crippen molar-refractivity contribution in [3.8, 4) is 0 Å². The maximum absolute atomic E-state index is 9.85. The predicted molar refractivity (Wildman–Crippen MR) is 65.4 cm³/mol. The highest BCUT2D eigenvalue weighted by Gasteiger charge is 2.21. The molecule has 1 aromatic heterocycles. The quantitative estimate of drug-likeness (QED) is 0.827. The number of aliphatic hydroxyl groups is 1. The molecule has 3 heteroatoms. The number of hydrogen-bond acceptors (Lipinski definition) is 3. The minimum atomic E-state index is -0.333. The first kappa shape index (κ1) is 13.3. The molecule has 0 bridgehead atoms. The number of aryl methyl sites for hydroxylation is 2. The fourth-order valence-corrected chi connectivity index (χ4v) is 1.51. The molecule has 0 amide bonds. The molecule has 0 saturated carbocycles. The van der Waals surface area contributed by atoms with Crippen LogP contribution in [-0.4, -0.2) is 17.8 Å². The number of rotatable bonds is 4. The van der Waals surface area contributed by atoms with Crippen molar-refractivity contribution in [1.29, 1.82) is 0 Å². The minimum absolute atomic E-state index is 0.0750. The Morgan fingerprint density at radius 2 is 2.00 bits per heavy atom. The molecule has 0 fully saturated rings. The molecule has 2 N–H and O–H groups in total. The van der Waals surface area contributed by atoms with Gasteiger partial charge in [0, 0.05) is 18.7 Å². The third-order valence-electron chi connectivity index (χ3n) is 2.80.